The SMILES string of the molecule is CCCCCCCCCCCCOCC(CC)(CC)COC(=O)C1(C)COC(c2ccccc2)OC1. The van der Waals surface area contributed by atoms with Crippen LogP contribution >= 0.6 is 0 Å². The largest absolute Gasteiger partial charge is 0.464 e. The van der Waals surface area contributed by atoms with Gasteiger partial charge in [-0.2, -0.15) is 0 Å². The number of hydrogen-bond donors (Lipinski definition) is 0. The second-order valence-corrected chi connectivity index (χ2v) is 10.9. The molecule has 0 spiro atoms. The maximum atomic E-state index is 13.0. The molecule has 0 bridgehead atoms. The molecule has 0 aliphatic carbocycles. The highest BCUT2D eigenvalue weighted by atomic mass is 16.7. The summed E-state index contributed by atoms with van der Waals surface area (Å²) in [4.78, 5) is 13.0. The summed E-state index contributed by atoms with van der Waals surface area (Å²) < 4.78 is 23.7. The highest BCUT2D eigenvalue weighted by Crippen LogP contribution is 2.34. The lowest BCUT2D eigenvalue weighted by molar-refractivity contribution is -0.237. The van der Waals surface area contributed by atoms with Gasteiger partial charge in [-0.05, 0) is 26.2 Å². The number of carbonyl (C=O) groups excluding carboxylic acids is 1. The van der Waals surface area contributed by atoms with Gasteiger partial charge in [0.25, 0.3) is 0 Å². The molecule has 0 atom stereocenters. The third kappa shape index (κ3) is 10.5. The highest BCUT2D eigenvalue weighted by molar-refractivity contribution is 5.77. The van der Waals surface area contributed by atoms with E-state index in [0.717, 1.165) is 31.4 Å². The molecule has 0 saturated carbocycles. The smallest absolute Gasteiger partial charge is 0.316 e. The van der Waals surface area contributed by atoms with Gasteiger partial charge in [-0.15, -0.1) is 0 Å². The molecular formula is C31H52O5. The van der Waals surface area contributed by atoms with Gasteiger partial charge in [-0.25, -0.2) is 0 Å². The second-order valence-electron chi connectivity index (χ2n) is 10.9. The van der Waals surface area contributed by atoms with Gasteiger partial charge >= 0.3 is 5.97 Å². The number of esters is 1. The van der Waals surface area contributed by atoms with Gasteiger partial charge in [0.05, 0.1) is 26.4 Å². The summed E-state index contributed by atoms with van der Waals surface area (Å²) in [6, 6.07) is 9.81. The lowest BCUT2D eigenvalue weighted by Gasteiger charge is -2.37. The summed E-state index contributed by atoms with van der Waals surface area (Å²) in [6.45, 7) is 10.8. The minimum atomic E-state index is -0.796. The van der Waals surface area contributed by atoms with Crippen LogP contribution in [0.2, 0.25) is 0 Å². The molecule has 1 saturated heterocycles. The van der Waals surface area contributed by atoms with Crippen LogP contribution in [0.4, 0.5) is 0 Å². The Kier molecular flexibility index (Phi) is 14.7. The highest BCUT2D eigenvalue weighted by Gasteiger charge is 2.42. The predicted molar refractivity (Wildman–Crippen MR) is 146 cm³/mol. The van der Waals surface area contributed by atoms with Crippen molar-refractivity contribution in [3.05, 3.63) is 35.9 Å². The van der Waals surface area contributed by atoms with Crippen LogP contribution in [0, 0.1) is 10.8 Å². The summed E-state index contributed by atoms with van der Waals surface area (Å²) in [5, 5.41) is 0. The van der Waals surface area contributed by atoms with Gasteiger partial charge in [-0.1, -0.05) is 109 Å². The predicted octanol–water partition coefficient (Wildman–Crippen LogP) is 8.03. The second kappa shape index (κ2) is 17.1. The average molecular weight is 505 g/mol. The summed E-state index contributed by atoms with van der Waals surface area (Å²) >= 11 is 0. The van der Waals surface area contributed by atoms with E-state index in [2.05, 4.69) is 20.8 Å². The van der Waals surface area contributed by atoms with Crippen LogP contribution in [0.5, 0.6) is 0 Å². The zero-order chi connectivity index (χ0) is 26.1. The van der Waals surface area contributed by atoms with Crippen molar-refractivity contribution in [2.45, 2.75) is 111 Å². The van der Waals surface area contributed by atoms with E-state index in [-0.39, 0.29) is 24.6 Å². The number of hydrogen-bond acceptors (Lipinski definition) is 5. The van der Waals surface area contributed by atoms with E-state index in [0.29, 0.717) is 13.2 Å². The van der Waals surface area contributed by atoms with E-state index in [4.69, 9.17) is 18.9 Å². The fourth-order valence-electron chi connectivity index (χ4n) is 4.60. The number of ether oxygens (including phenoxy) is 4. The van der Waals surface area contributed by atoms with Crippen molar-refractivity contribution in [1.82, 2.24) is 0 Å². The Hall–Kier alpha value is -1.43. The van der Waals surface area contributed by atoms with Gasteiger partial charge in [0.1, 0.15) is 5.41 Å². The lowest BCUT2D eigenvalue weighted by atomic mass is 9.84. The number of unbranched alkanes of at least 4 members (excludes halogenated alkanes) is 9. The van der Waals surface area contributed by atoms with E-state index in [1.165, 1.54) is 57.8 Å². The van der Waals surface area contributed by atoms with Crippen LogP contribution in [-0.2, 0) is 23.7 Å². The molecule has 0 unspecified atom stereocenters. The van der Waals surface area contributed by atoms with Crippen molar-refractivity contribution < 1.29 is 23.7 Å². The molecule has 1 aromatic carbocycles. The quantitative estimate of drug-likeness (QED) is 0.141. The first-order valence-corrected chi connectivity index (χ1v) is 14.5. The third-order valence-electron chi connectivity index (χ3n) is 7.73. The Morgan fingerprint density at radius 1 is 0.861 bits per heavy atom. The van der Waals surface area contributed by atoms with Crippen LogP contribution in [0.15, 0.2) is 30.3 Å². The Morgan fingerprint density at radius 3 is 1.97 bits per heavy atom. The standard InChI is InChI=1S/C31H52O5/c1-5-8-9-10-11-12-13-14-15-19-22-33-25-31(6-2,7-3)26-36-29(32)30(4)23-34-28(35-24-30)27-20-17-16-18-21-27/h16-18,20-21,28H,5-15,19,22-26H2,1-4H3. The molecule has 5 nitrogen and oxygen atoms in total. The van der Waals surface area contributed by atoms with E-state index in [1.807, 2.05) is 37.3 Å². The Labute approximate surface area is 220 Å². The first-order valence-electron chi connectivity index (χ1n) is 14.5. The molecule has 5 heteroatoms. The van der Waals surface area contributed by atoms with Gasteiger partial charge in [0.2, 0.25) is 0 Å². The van der Waals surface area contributed by atoms with Crippen molar-refractivity contribution in [3.63, 3.8) is 0 Å². The molecule has 206 valence electrons. The topological polar surface area (TPSA) is 54.0 Å². The summed E-state index contributed by atoms with van der Waals surface area (Å²) in [5.41, 5.74) is 0.0199. The number of benzene rings is 1. The number of carbonyl (C=O) groups is 1. The van der Waals surface area contributed by atoms with Crippen molar-refractivity contribution in [3.8, 4) is 0 Å². The van der Waals surface area contributed by atoms with E-state index >= 15 is 0 Å². The first kappa shape index (κ1) is 30.8. The van der Waals surface area contributed by atoms with Gasteiger partial charge in [-0.3, -0.25) is 4.79 Å². The van der Waals surface area contributed by atoms with Crippen LogP contribution in [0.1, 0.15) is 117 Å². The molecule has 0 N–H and O–H groups in total. The zero-order valence-corrected chi connectivity index (χ0v) is 23.5. The molecule has 2 rings (SSSR count). The monoisotopic (exact) mass is 504 g/mol. The maximum Gasteiger partial charge on any atom is 0.316 e. The van der Waals surface area contributed by atoms with Crippen LogP contribution in [0.3, 0.4) is 0 Å². The van der Waals surface area contributed by atoms with Crippen molar-refractivity contribution >= 4 is 5.97 Å². The fourth-order valence-corrected chi connectivity index (χ4v) is 4.60. The Balaban J connectivity index is 1.64. The molecule has 0 amide bonds. The van der Waals surface area contributed by atoms with Gasteiger partial charge in [0.15, 0.2) is 6.29 Å². The van der Waals surface area contributed by atoms with E-state index in [1.54, 1.807) is 0 Å². The molecule has 1 aromatic rings. The summed E-state index contributed by atoms with van der Waals surface area (Å²) in [6.07, 6.45) is 14.6. The third-order valence-corrected chi connectivity index (χ3v) is 7.73. The van der Waals surface area contributed by atoms with Crippen molar-refractivity contribution in [1.29, 1.82) is 0 Å². The van der Waals surface area contributed by atoms with Crippen LogP contribution in [0.25, 0.3) is 0 Å². The lowest BCUT2D eigenvalue weighted by Crippen LogP contribution is -2.45. The summed E-state index contributed by atoms with van der Waals surface area (Å²) in [5.74, 6) is -0.255. The van der Waals surface area contributed by atoms with E-state index in [9.17, 15) is 4.79 Å². The molecule has 1 fully saturated rings. The van der Waals surface area contributed by atoms with Crippen LogP contribution < -0.4 is 0 Å². The fraction of sp³-hybridized carbons (Fsp3) is 0.774. The minimum absolute atomic E-state index is 0.145. The number of rotatable bonds is 19. The molecule has 1 aliphatic heterocycles. The zero-order valence-electron chi connectivity index (χ0n) is 23.5. The Morgan fingerprint density at radius 2 is 1.42 bits per heavy atom. The molecule has 1 aliphatic rings. The average Bonchev–Trinajstić information content (AvgIpc) is 2.92. The van der Waals surface area contributed by atoms with Gasteiger partial charge in [0, 0.05) is 17.6 Å². The summed E-state index contributed by atoms with van der Waals surface area (Å²) in [7, 11) is 0. The van der Waals surface area contributed by atoms with Crippen molar-refractivity contribution in [2.24, 2.45) is 10.8 Å². The first-order chi connectivity index (χ1) is 17.5. The molecule has 1 heterocycles. The van der Waals surface area contributed by atoms with Crippen LogP contribution in [-0.4, -0.2) is 39.0 Å². The maximum absolute atomic E-state index is 13.0. The molecule has 0 aromatic heterocycles. The minimum Gasteiger partial charge on any atom is -0.464 e. The van der Waals surface area contributed by atoms with Crippen molar-refractivity contribution in [2.75, 3.05) is 33.0 Å². The van der Waals surface area contributed by atoms with Gasteiger partial charge < -0.3 is 18.9 Å². The molecule has 0 radical (unpaired) electrons. The van der Waals surface area contributed by atoms with E-state index < -0.39 is 11.7 Å². The normalized spacial score (nSPS) is 20.4. The molecular weight excluding hydrogens is 452 g/mol. The molecule has 36 heavy (non-hydrogen) atoms. The Bertz CT molecular complexity index is 692.